The first-order valence-corrected chi connectivity index (χ1v) is 4.55. The molecule has 0 aromatic heterocycles. The molecule has 0 fully saturated rings. The molecule has 0 heterocycles. The number of carbonyl (C=O) groups is 1. The van der Waals surface area contributed by atoms with Crippen LogP contribution in [0, 0.1) is 11.3 Å². The van der Waals surface area contributed by atoms with Crippen LogP contribution in [0.3, 0.4) is 0 Å². The van der Waals surface area contributed by atoms with Gasteiger partial charge in [0.05, 0.1) is 11.0 Å². The standard InChI is InChI=1S/C10H20O3/c1-7(2)10(5,13)6-9(3,4)8(11)12/h7,13H,6H2,1-5H3,(H,11,12). The lowest BCUT2D eigenvalue weighted by Gasteiger charge is -2.33. The summed E-state index contributed by atoms with van der Waals surface area (Å²) >= 11 is 0. The fourth-order valence-electron chi connectivity index (χ4n) is 1.17. The molecule has 0 aliphatic carbocycles. The quantitative estimate of drug-likeness (QED) is 0.708. The van der Waals surface area contributed by atoms with Crippen molar-refractivity contribution in [2.75, 3.05) is 0 Å². The number of rotatable bonds is 4. The summed E-state index contributed by atoms with van der Waals surface area (Å²) in [5.41, 5.74) is -1.78. The molecule has 0 aliphatic heterocycles. The van der Waals surface area contributed by atoms with Gasteiger partial charge in [-0.25, -0.2) is 0 Å². The third-order valence-corrected chi connectivity index (χ3v) is 2.62. The molecule has 0 aromatic carbocycles. The monoisotopic (exact) mass is 188 g/mol. The van der Waals surface area contributed by atoms with Crippen molar-refractivity contribution in [3.63, 3.8) is 0 Å². The summed E-state index contributed by atoms with van der Waals surface area (Å²) in [7, 11) is 0. The largest absolute Gasteiger partial charge is 0.481 e. The summed E-state index contributed by atoms with van der Waals surface area (Å²) in [6.07, 6.45) is 0.271. The van der Waals surface area contributed by atoms with Gasteiger partial charge in [-0.2, -0.15) is 0 Å². The average molecular weight is 188 g/mol. The van der Waals surface area contributed by atoms with E-state index in [0.29, 0.717) is 0 Å². The molecule has 1 atom stereocenters. The van der Waals surface area contributed by atoms with Crippen LogP contribution >= 0.6 is 0 Å². The Hall–Kier alpha value is -0.570. The molecule has 0 bridgehead atoms. The Morgan fingerprint density at radius 1 is 1.31 bits per heavy atom. The summed E-state index contributed by atoms with van der Waals surface area (Å²) in [4.78, 5) is 10.8. The maximum atomic E-state index is 10.8. The van der Waals surface area contributed by atoms with Gasteiger partial charge in [0.25, 0.3) is 0 Å². The molecule has 0 spiro atoms. The Kier molecular flexibility index (Phi) is 3.50. The molecule has 0 rings (SSSR count). The van der Waals surface area contributed by atoms with Crippen LogP contribution in [-0.2, 0) is 4.79 Å². The van der Waals surface area contributed by atoms with Crippen molar-refractivity contribution in [3.05, 3.63) is 0 Å². The van der Waals surface area contributed by atoms with Crippen LogP contribution in [0.5, 0.6) is 0 Å². The van der Waals surface area contributed by atoms with Crippen molar-refractivity contribution >= 4 is 5.97 Å². The van der Waals surface area contributed by atoms with Gasteiger partial charge in [-0.3, -0.25) is 4.79 Å². The lowest BCUT2D eigenvalue weighted by atomic mass is 9.76. The number of hydrogen-bond donors (Lipinski definition) is 2. The highest BCUT2D eigenvalue weighted by Gasteiger charge is 2.37. The first-order valence-electron chi connectivity index (χ1n) is 4.55. The Bertz CT molecular complexity index is 192. The van der Waals surface area contributed by atoms with E-state index in [1.807, 2.05) is 13.8 Å². The Morgan fingerprint density at radius 3 is 1.92 bits per heavy atom. The molecule has 3 nitrogen and oxygen atoms in total. The third kappa shape index (κ3) is 3.35. The van der Waals surface area contributed by atoms with Crippen LogP contribution in [0.15, 0.2) is 0 Å². The molecule has 0 saturated heterocycles. The summed E-state index contributed by atoms with van der Waals surface area (Å²) in [6.45, 7) is 8.72. The summed E-state index contributed by atoms with van der Waals surface area (Å²) in [5.74, 6) is -0.806. The fourth-order valence-corrected chi connectivity index (χ4v) is 1.17. The Labute approximate surface area is 79.8 Å². The molecule has 0 amide bonds. The zero-order chi connectivity index (χ0) is 10.9. The molecule has 2 N–H and O–H groups in total. The van der Waals surface area contributed by atoms with Gasteiger partial charge < -0.3 is 10.2 Å². The van der Waals surface area contributed by atoms with Crippen molar-refractivity contribution < 1.29 is 15.0 Å². The minimum absolute atomic E-state index is 0.0612. The van der Waals surface area contributed by atoms with E-state index in [2.05, 4.69) is 0 Å². The number of carboxylic acids is 1. The Morgan fingerprint density at radius 2 is 1.69 bits per heavy atom. The molecule has 1 unspecified atom stereocenters. The van der Waals surface area contributed by atoms with E-state index in [-0.39, 0.29) is 12.3 Å². The van der Waals surface area contributed by atoms with Crippen LogP contribution in [0.2, 0.25) is 0 Å². The van der Waals surface area contributed by atoms with Gasteiger partial charge in [-0.15, -0.1) is 0 Å². The van der Waals surface area contributed by atoms with Gasteiger partial charge in [-0.05, 0) is 33.1 Å². The van der Waals surface area contributed by atoms with E-state index in [1.54, 1.807) is 20.8 Å². The van der Waals surface area contributed by atoms with Crippen LogP contribution in [0.1, 0.15) is 41.0 Å². The molecular formula is C10H20O3. The van der Waals surface area contributed by atoms with Crippen molar-refractivity contribution in [1.82, 2.24) is 0 Å². The Balaban J connectivity index is 4.52. The first-order chi connectivity index (χ1) is 5.59. The lowest BCUT2D eigenvalue weighted by Crippen LogP contribution is -2.39. The second kappa shape index (κ2) is 3.66. The summed E-state index contributed by atoms with van der Waals surface area (Å²) < 4.78 is 0. The molecule has 0 aromatic rings. The van der Waals surface area contributed by atoms with Crippen molar-refractivity contribution in [1.29, 1.82) is 0 Å². The van der Waals surface area contributed by atoms with E-state index in [0.717, 1.165) is 0 Å². The van der Waals surface area contributed by atoms with Crippen LogP contribution in [0.4, 0.5) is 0 Å². The normalized spacial score (nSPS) is 17.2. The van der Waals surface area contributed by atoms with Crippen molar-refractivity contribution in [2.45, 2.75) is 46.6 Å². The molecule has 0 radical (unpaired) electrons. The fraction of sp³-hybridized carbons (Fsp3) is 0.900. The summed E-state index contributed by atoms with van der Waals surface area (Å²) in [5, 5.41) is 18.8. The molecule has 78 valence electrons. The zero-order valence-electron chi connectivity index (χ0n) is 9.09. The number of carboxylic acid groups (broad SMARTS) is 1. The van der Waals surface area contributed by atoms with Crippen LogP contribution in [0.25, 0.3) is 0 Å². The number of hydrogen-bond acceptors (Lipinski definition) is 2. The number of aliphatic hydroxyl groups is 1. The van der Waals surface area contributed by atoms with E-state index < -0.39 is 17.0 Å². The second-order valence-corrected chi connectivity index (χ2v) is 4.88. The molecule has 13 heavy (non-hydrogen) atoms. The van der Waals surface area contributed by atoms with Gasteiger partial charge in [0.1, 0.15) is 0 Å². The maximum Gasteiger partial charge on any atom is 0.309 e. The van der Waals surface area contributed by atoms with Crippen molar-refractivity contribution in [2.24, 2.45) is 11.3 Å². The van der Waals surface area contributed by atoms with E-state index >= 15 is 0 Å². The predicted octanol–water partition coefficient (Wildman–Crippen LogP) is 1.89. The van der Waals surface area contributed by atoms with Gasteiger partial charge in [-0.1, -0.05) is 13.8 Å². The van der Waals surface area contributed by atoms with Gasteiger partial charge in [0, 0.05) is 0 Å². The highest BCUT2D eigenvalue weighted by atomic mass is 16.4. The van der Waals surface area contributed by atoms with Gasteiger partial charge >= 0.3 is 5.97 Å². The third-order valence-electron chi connectivity index (χ3n) is 2.62. The summed E-state index contributed by atoms with van der Waals surface area (Å²) in [6, 6.07) is 0. The highest BCUT2D eigenvalue weighted by Crippen LogP contribution is 2.32. The SMILES string of the molecule is CC(C)C(C)(O)CC(C)(C)C(=O)O. The van der Waals surface area contributed by atoms with Gasteiger partial charge in [0.15, 0.2) is 0 Å². The predicted molar refractivity (Wildman–Crippen MR) is 51.5 cm³/mol. The van der Waals surface area contributed by atoms with Crippen molar-refractivity contribution in [3.8, 4) is 0 Å². The second-order valence-electron chi connectivity index (χ2n) is 4.88. The lowest BCUT2D eigenvalue weighted by molar-refractivity contribution is -0.151. The van der Waals surface area contributed by atoms with E-state index in [9.17, 15) is 9.90 Å². The minimum atomic E-state index is -0.915. The smallest absolute Gasteiger partial charge is 0.309 e. The van der Waals surface area contributed by atoms with Gasteiger partial charge in [0.2, 0.25) is 0 Å². The first kappa shape index (κ1) is 12.4. The van der Waals surface area contributed by atoms with Crippen LogP contribution < -0.4 is 0 Å². The molecule has 3 heteroatoms. The maximum absolute atomic E-state index is 10.8. The van der Waals surface area contributed by atoms with E-state index in [1.165, 1.54) is 0 Å². The highest BCUT2D eigenvalue weighted by molar-refractivity contribution is 5.73. The number of aliphatic carboxylic acids is 1. The molecule has 0 aliphatic rings. The molecular weight excluding hydrogens is 168 g/mol. The average Bonchev–Trinajstić information content (AvgIpc) is 1.83. The topological polar surface area (TPSA) is 57.5 Å². The zero-order valence-corrected chi connectivity index (χ0v) is 9.09. The van der Waals surface area contributed by atoms with E-state index in [4.69, 9.17) is 5.11 Å². The molecule has 0 saturated carbocycles. The minimum Gasteiger partial charge on any atom is -0.481 e. The van der Waals surface area contributed by atoms with Crippen LogP contribution in [-0.4, -0.2) is 21.8 Å².